The van der Waals surface area contributed by atoms with Gasteiger partial charge in [0.05, 0.1) is 11.3 Å². The van der Waals surface area contributed by atoms with Crippen LogP contribution in [0.25, 0.3) is 5.57 Å². The monoisotopic (exact) mass is 370 g/mol. The summed E-state index contributed by atoms with van der Waals surface area (Å²) in [4.78, 5) is 30.2. The Bertz CT molecular complexity index is 883. The van der Waals surface area contributed by atoms with Crippen molar-refractivity contribution >= 4 is 34.4 Å². The van der Waals surface area contributed by atoms with E-state index in [1.54, 1.807) is 6.07 Å². The summed E-state index contributed by atoms with van der Waals surface area (Å²) in [6.07, 6.45) is 1.98. The van der Waals surface area contributed by atoms with Crippen LogP contribution in [-0.2, 0) is 9.59 Å². The summed E-state index contributed by atoms with van der Waals surface area (Å²) in [6, 6.07) is 9.35. The van der Waals surface area contributed by atoms with Gasteiger partial charge in [-0.05, 0) is 48.4 Å². The molecule has 4 rings (SSSR count). The lowest BCUT2D eigenvalue weighted by Gasteiger charge is -2.32. The lowest BCUT2D eigenvalue weighted by Crippen LogP contribution is -2.38. The summed E-state index contributed by atoms with van der Waals surface area (Å²) >= 11 is 1.44. The molecule has 1 fully saturated rings. The third-order valence-corrected chi connectivity index (χ3v) is 5.88. The Morgan fingerprint density at radius 3 is 2.50 bits per heavy atom. The number of imide groups is 1. The minimum absolute atomic E-state index is 0.273. The maximum absolute atomic E-state index is 13.7. The van der Waals surface area contributed by atoms with Crippen LogP contribution in [0.2, 0.25) is 0 Å². The summed E-state index contributed by atoms with van der Waals surface area (Å²) in [6.45, 7) is 3.70. The van der Waals surface area contributed by atoms with Crippen molar-refractivity contribution in [1.29, 1.82) is 0 Å². The molecule has 0 bridgehead atoms. The van der Waals surface area contributed by atoms with Crippen molar-refractivity contribution < 1.29 is 14.0 Å². The molecule has 2 amide bonds. The number of hydrogen-bond acceptors (Lipinski definition) is 4. The van der Waals surface area contributed by atoms with Gasteiger partial charge in [0.25, 0.3) is 11.8 Å². The number of amides is 2. The molecule has 0 N–H and O–H groups in total. The summed E-state index contributed by atoms with van der Waals surface area (Å²) in [5.74, 6) is -0.597. The first-order chi connectivity index (χ1) is 12.6. The number of likely N-dealkylation sites (tertiary alicyclic amines) is 1. The van der Waals surface area contributed by atoms with Crippen LogP contribution < -0.4 is 4.90 Å². The second-order valence-electron chi connectivity index (χ2n) is 6.80. The molecule has 2 aliphatic rings. The Morgan fingerprint density at radius 1 is 1.08 bits per heavy atom. The highest BCUT2D eigenvalue weighted by molar-refractivity contribution is 7.11. The maximum Gasteiger partial charge on any atom is 0.282 e. The lowest BCUT2D eigenvalue weighted by atomic mass is 9.98. The fourth-order valence-corrected chi connectivity index (χ4v) is 4.30. The van der Waals surface area contributed by atoms with E-state index in [9.17, 15) is 14.0 Å². The zero-order valence-electron chi connectivity index (χ0n) is 14.4. The van der Waals surface area contributed by atoms with E-state index in [1.165, 1.54) is 29.5 Å². The Hall–Kier alpha value is -2.47. The van der Waals surface area contributed by atoms with E-state index < -0.39 is 5.82 Å². The van der Waals surface area contributed by atoms with Crippen LogP contribution in [-0.4, -0.2) is 29.8 Å². The molecule has 6 heteroatoms. The van der Waals surface area contributed by atoms with Gasteiger partial charge in [0.2, 0.25) is 0 Å². The molecule has 134 valence electrons. The van der Waals surface area contributed by atoms with Gasteiger partial charge in [-0.3, -0.25) is 9.59 Å². The number of piperidine rings is 1. The fraction of sp³-hybridized carbons (Fsp3) is 0.300. The average Bonchev–Trinajstić information content (AvgIpc) is 3.22. The average molecular weight is 370 g/mol. The van der Waals surface area contributed by atoms with Crippen molar-refractivity contribution in [3.8, 4) is 0 Å². The van der Waals surface area contributed by atoms with E-state index in [-0.39, 0.29) is 17.5 Å². The minimum Gasteiger partial charge on any atom is -0.366 e. The van der Waals surface area contributed by atoms with E-state index >= 15 is 0 Å². The van der Waals surface area contributed by atoms with Gasteiger partial charge in [-0.25, -0.2) is 9.29 Å². The van der Waals surface area contributed by atoms with E-state index in [2.05, 4.69) is 6.92 Å². The number of rotatable bonds is 3. The third kappa shape index (κ3) is 2.84. The van der Waals surface area contributed by atoms with Crippen molar-refractivity contribution in [3.63, 3.8) is 0 Å². The second kappa shape index (κ2) is 6.68. The largest absolute Gasteiger partial charge is 0.366 e. The Morgan fingerprint density at radius 2 is 1.85 bits per heavy atom. The second-order valence-corrected chi connectivity index (χ2v) is 7.74. The van der Waals surface area contributed by atoms with Crippen molar-refractivity contribution in [1.82, 2.24) is 4.90 Å². The van der Waals surface area contributed by atoms with Crippen LogP contribution in [0.1, 0.15) is 24.6 Å². The van der Waals surface area contributed by atoms with Crippen molar-refractivity contribution in [3.05, 3.63) is 58.2 Å². The van der Waals surface area contributed by atoms with Crippen molar-refractivity contribution in [2.45, 2.75) is 19.8 Å². The van der Waals surface area contributed by atoms with Crippen LogP contribution >= 0.6 is 11.3 Å². The van der Waals surface area contributed by atoms with Crippen molar-refractivity contribution in [2.24, 2.45) is 5.92 Å². The number of anilines is 1. The molecular weight excluding hydrogens is 351 g/mol. The molecular formula is C20H19FN2O2S. The first kappa shape index (κ1) is 17.0. The molecule has 1 aromatic carbocycles. The van der Waals surface area contributed by atoms with Gasteiger partial charge in [0, 0.05) is 18.0 Å². The molecule has 1 saturated heterocycles. The molecule has 0 aliphatic carbocycles. The number of carbonyl (C=O) groups excluding carboxylic acids is 2. The van der Waals surface area contributed by atoms with Crippen LogP contribution in [0, 0.1) is 11.7 Å². The van der Waals surface area contributed by atoms with E-state index in [0.29, 0.717) is 17.2 Å². The summed E-state index contributed by atoms with van der Waals surface area (Å²) in [5.41, 5.74) is 1.16. The van der Waals surface area contributed by atoms with E-state index in [1.807, 2.05) is 22.4 Å². The van der Waals surface area contributed by atoms with Crippen LogP contribution in [0.5, 0.6) is 0 Å². The molecule has 2 aliphatic heterocycles. The molecule has 4 nitrogen and oxygen atoms in total. The van der Waals surface area contributed by atoms with Gasteiger partial charge in [-0.1, -0.05) is 19.1 Å². The molecule has 2 aromatic rings. The predicted molar refractivity (Wildman–Crippen MR) is 100 cm³/mol. The standard InChI is InChI=1S/C20H19FN2O2S/c1-13-7-9-22(10-8-13)18-17(16-6-3-11-26-16)19(24)23(20(18)25)15-5-2-4-14(21)12-15/h2-6,11-13H,7-10H2,1H3. The van der Waals surface area contributed by atoms with Crippen LogP contribution in [0.15, 0.2) is 47.5 Å². The number of nitrogens with zero attached hydrogens (tertiary/aromatic N) is 2. The SMILES string of the molecule is CC1CCN(C2=C(c3cccs3)C(=O)N(c3cccc(F)c3)C2=O)CC1. The lowest BCUT2D eigenvalue weighted by molar-refractivity contribution is -0.120. The summed E-state index contributed by atoms with van der Waals surface area (Å²) in [7, 11) is 0. The summed E-state index contributed by atoms with van der Waals surface area (Å²) in [5, 5.41) is 1.89. The van der Waals surface area contributed by atoms with E-state index in [4.69, 9.17) is 0 Å². The number of halogens is 1. The van der Waals surface area contributed by atoms with Crippen molar-refractivity contribution in [2.75, 3.05) is 18.0 Å². The van der Waals surface area contributed by atoms with Gasteiger partial charge in [-0.15, -0.1) is 11.3 Å². The van der Waals surface area contributed by atoms with Gasteiger partial charge < -0.3 is 4.90 Å². The maximum atomic E-state index is 13.7. The fourth-order valence-electron chi connectivity index (χ4n) is 3.54. The molecule has 3 heterocycles. The normalized spacial score (nSPS) is 19.0. The van der Waals surface area contributed by atoms with Gasteiger partial charge in [0.1, 0.15) is 11.5 Å². The Kier molecular flexibility index (Phi) is 4.36. The molecule has 0 saturated carbocycles. The Balaban J connectivity index is 1.79. The molecule has 0 atom stereocenters. The number of thiophene rings is 1. The third-order valence-electron chi connectivity index (χ3n) is 4.99. The molecule has 26 heavy (non-hydrogen) atoms. The highest BCUT2D eigenvalue weighted by Gasteiger charge is 2.43. The van der Waals surface area contributed by atoms with Gasteiger partial charge in [0.15, 0.2) is 0 Å². The zero-order chi connectivity index (χ0) is 18.3. The zero-order valence-corrected chi connectivity index (χ0v) is 15.3. The molecule has 0 radical (unpaired) electrons. The van der Waals surface area contributed by atoms with Gasteiger partial charge >= 0.3 is 0 Å². The first-order valence-electron chi connectivity index (χ1n) is 8.73. The van der Waals surface area contributed by atoms with E-state index in [0.717, 1.165) is 35.7 Å². The Labute approximate surface area is 155 Å². The van der Waals surface area contributed by atoms with Crippen LogP contribution in [0.3, 0.4) is 0 Å². The van der Waals surface area contributed by atoms with Gasteiger partial charge in [-0.2, -0.15) is 0 Å². The number of hydrogen-bond donors (Lipinski definition) is 0. The predicted octanol–water partition coefficient (Wildman–Crippen LogP) is 3.90. The topological polar surface area (TPSA) is 40.6 Å². The quantitative estimate of drug-likeness (QED) is 0.770. The highest BCUT2D eigenvalue weighted by Crippen LogP contribution is 2.37. The number of carbonyl (C=O) groups is 2. The highest BCUT2D eigenvalue weighted by atomic mass is 32.1. The first-order valence-corrected chi connectivity index (χ1v) is 9.61. The smallest absolute Gasteiger partial charge is 0.282 e. The molecule has 0 spiro atoms. The minimum atomic E-state index is -0.471. The van der Waals surface area contributed by atoms with Crippen LogP contribution in [0.4, 0.5) is 10.1 Å². The molecule has 1 aromatic heterocycles. The molecule has 0 unspecified atom stereocenters. The number of benzene rings is 1. The summed E-state index contributed by atoms with van der Waals surface area (Å²) < 4.78 is 13.7.